The number of carbonyl (C=O) groups excluding carboxylic acids is 4. The molecule has 0 aromatic heterocycles. The van der Waals surface area contributed by atoms with E-state index in [9.17, 15) is 23.6 Å². The summed E-state index contributed by atoms with van der Waals surface area (Å²) in [5.41, 5.74) is 2.21. The second-order valence-electron chi connectivity index (χ2n) is 10.7. The summed E-state index contributed by atoms with van der Waals surface area (Å²) in [7, 11) is 0. The summed E-state index contributed by atoms with van der Waals surface area (Å²) in [4.78, 5) is 49.3. The summed E-state index contributed by atoms with van der Waals surface area (Å²) in [6, 6.07) is 10.8. The van der Waals surface area contributed by atoms with E-state index in [0.29, 0.717) is 46.7 Å². The number of carbonyl (C=O) groups is 4. The van der Waals surface area contributed by atoms with Gasteiger partial charge in [0.2, 0.25) is 0 Å². The van der Waals surface area contributed by atoms with Crippen molar-refractivity contribution in [1.82, 2.24) is 5.32 Å². The third kappa shape index (κ3) is 7.81. The highest BCUT2D eigenvalue weighted by Gasteiger charge is 2.41. The van der Waals surface area contributed by atoms with Crippen molar-refractivity contribution in [1.29, 1.82) is 0 Å². The molecule has 3 amide bonds. The SMILES string of the molecule is CC(=O)c1cc(NC(=O)NCCC[N+]2(C(=O)C(C)C)CCC(Cc3ccc(F)cc3)CC2)cc(C(C)=O)c1. The summed E-state index contributed by atoms with van der Waals surface area (Å²) in [6.07, 6.45) is 3.37. The zero-order valence-corrected chi connectivity index (χ0v) is 22.8. The van der Waals surface area contributed by atoms with Gasteiger partial charge in [0.25, 0.3) is 0 Å². The van der Waals surface area contributed by atoms with Gasteiger partial charge in [0.05, 0.1) is 25.6 Å². The maximum absolute atomic E-state index is 13.2. The largest absolute Gasteiger partial charge is 0.338 e. The molecule has 7 nitrogen and oxygen atoms in total. The van der Waals surface area contributed by atoms with Gasteiger partial charge in [0.1, 0.15) is 5.82 Å². The third-order valence-electron chi connectivity index (χ3n) is 7.38. The lowest BCUT2D eigenvalue weighted by Crippen LogP contribution is -2.59. The van der Waals surface area contributed by atoms with Crippen molar-refractivity contribution in [3.8, 4) is 0 Å². The Hall–Kier alpha value is -3.39. The first-order chi connectivity index (χ1) is 18.0. The maximum atomic E-state index is 13.2. The Bertz CT molecular complexity index is 1140. The van der Waals surface area contributed by atoms with Gasteiger partial charge in [0, 0.05) is 42.6 Å². The van der Waals surface area contributed by atoms with E-state index >= 15 is 0 Å². The van der Waals surface area contributed by atoms with Gasteiger partial charge in [-0.05, 0) is 75.9 Å². The molecular weight excluding hydrogens is 485 g/mol. The Balaban J connectivity index is 1.54. The molecule has 2 N–H and O–H groups in total. The van der Waals surface area contributed by atoms with Crippen LogP contribution in [0.1, 0.15) is 73.2 Å². The van der Waals surface area contributed by atoms with Crippen LogP contribution in [-0.4, -0.2) is 54.2 Å². The van der Waals surface area contributed by atoms with Crippen LogP contribution in [0.4, 0.5) is 14.9 Å². The molecule has 0 saturated carbocycles. The number of nitrogens with one attached hydrogen (secondary N) is 2. The highest BCUT2D eigenvalue weighted by atomic mass is 19.1. The van der Waals surface area contributed by atoms with Gasteiger partial charge in [-0.15, -0.1) is 0 Å². The smallest absolute Gasteiger partial charge is 0.319 e. The second kappa shape index (κ2) is 12.9. The molecule has 1 saturated heterocycles. The van der Waals surface area contributed by atoms with E-state index in [-0.39, 0.29) is 29.2 Å². The van der Waals surface area contributed by atoms with Crippen LogP contribution in [0, 0.1) is 17.7 Å². The van der Waals surface area contributed by atoms with E-state index in [4.69, 9.17) is 0 Å². The normalized spacial score (nSPS) is 19.2. The van der Waals surface area contributed by atoms with E-state index in [0.717, 1.165) is 37.9 Å². The zero-order chi connectivity index (χ0) is 27.9. The summed E-state index contributed by atoms with van der Waals surface area (Å²) in [5.74, 6) is -0.00962. The molecule has 1 fully saturated rings. The summed E-state index contributed by atoms with van der Waals surface area (Å²) in [6.45, 7) is 9.25. The lowest BCUT2D eigenvalue weighted by molar-refractivity contribution is -0.862. The molecule has 1 heterocycles. The van der Waals surface area contributed by atoms with Crippen LogP contribution in [0.25, 0.3) is 0 Å². The molecule has 38 heavy (non-hydrogen) atoms. The van der Waals surface area contributed by atoms with Crippen molar-refractivity contribution >= 4 is 29.2 Å². The number of likely N-dealkylation sites (tertiary alicyclic amines) is 1. The first kappa shape index (κ1) is 29.2. The molecule has 0 unspecified atom stereocenters. The predicted molar refractivity (Wildman–Crippen MR) is 146 cm³/mol. The van der Waals surface area contributed by atoms with E-state index < -0.39 is 6.03 Å². The van der Waals surface area contributed by atoms with E-state index in [1.807, 2.05) is 26.0 Å². The lowest BCUT2D eigenvalue weighted by Gasteiger charge is -2.42. The summed E-state index contributed by atoms with van der Waals surface area (Å²) >= 11 is 0. The van der Waals surface area contributed by atoms with Crippen LogP contribution in [0.5, 0.6) is 0 Å². The summed E-state index contributed by atoms with van der Waals surface area (Å²) in [5, 5.41) is 5.53. The Morgan fingerprint density at radius 3 is 2.05 bits per heavy atom. The Morgan fingerprint density at radius 1 is 0.947 bits per heavy atom. The average molecular weight is 525 g/mol. The number of ketones is 2. The van der Waals surface area contributed by atoms with Crippen molar-refractivity contribution in [3.05, 3.63) is 65.0 Å². The minimum Gasteiger partial charge on any atom is -0.338 e. The molecule has 0 radical (unpaired) electrons. The number of piperidine rings is 1. The standard InChI is InChI=1S/C30H38FN3O4/c1-20(2)29(37)34(14-10-24(11-15-34)16-23-6-8-27(31)9-7-23)13-5-12-32-30(38)33-28-18-25(21(3)35)17-26(19-28)22(4)36/h6-9,17-20,24H,5,10-16H2,1-4H3,(H-,32,33,38)/p+1. The number of nitrogens with zero attached hydrogens (tertiary/aromatic N) is 1. The minimum atomic E-state index is -0.431. The van der Waals surface area contributed by atoms with Gasteiger partial charge in [-0.3, -0.25) is 14.1 Å². The Morgan fingerprint density at radius 2 is 1.53 bits per heavy atom. The fraction of sp³-hybridized carbons (Fsp3) is 0.467. The van der Waals surface area contributed by atoms with Gasteiger partial charge < -0.3 is 10.6 Å². The molecule has 0 bridgehead atoms. The molecule has 0 atom stereocenters. The van der Waals surface area contributed by atoms with Crippen LogP contribution in [0.2, 0.25) is 0 Å². The number of hydrogen-bond donors (Lipinski definition) is 2. The van der Waals surface area contributed by atoms with E-state index in [1.54, 1.807) is 12.1 Å². The first-order valence-corrected chi connectivity index (χ1v) is 13.4. The number of benzene rings is 2. The van der Waals surface area contributed by atoms with Crippen molar-refractivity contribution in [2.24, 2.45) is 11.8 Å². The van der Waals surface area contributed by atoms with Crippen LogP contribution in [0.15, 0.2) is 42.5 Å². The molecule has 8 heteroatoms. The topological polar surface area (TPSA) is 92.3 Å². The Labute approximate surface area is 224 Å². The number of Topliss-reactive ketones (excluding diaryl/α,β-unsaturated/α-hetero) is 2. The molecule has 3 rings (SSSR count). The molecule has 0 aliphatic carbocycles. The number of anilines is 1. The van der Waals surface area contributed by atoms with E-state index in [2.05, 4.69) is 10.6 Å². The number of halogens is 1. The zero-order valence-electron chi connectivity index (χ0n) is 22.8. The maximum Gasteiger partial charge on any atom is 0.319 e. The molecule has 1 aliphatic rings. The van der Waals surface area contributed by atoms with Crippen molar-refractivity contribution in [2.45, 2.75) is 53.4 Å². The molecule has 0 spiro atoms. The van der Waals surface area contributed by atoms with Crippen molar-refractivity contribution in [2.75, 3.05) is 31.5 Å². The number of urea groups is 1. The molecule has 2 aromatic carbocycles. The quantitative estimate of drug-likeness (QED) is 0.247. The van der Waals surface area contributed by atoms with Gasteiger partial charge in [-0.25, -0.2) is 14.0 Å². The average Bonchev–Trinajstić information content (AvgIpc) is 2.88. The van der Waals surface area contributed by atoms with Gasteiger partial charge in [-0.1, -0.05) is 12.1 Å². The van der Waals surface area contributed by atoms with Gasteiger partial charge in [-0.2, -0.15) is 0 Å². The van der Waals surface area contributed by atoms with Crippen LogP contribution < -0.4 is 10.6 Å². The highest BCUT2D eigenvalue weighted by Crippen LogP contribution is 2.29. The first-order valence-electron chi connectivity index (χ1n) is 13.4. The number of rotatable bonds is 10. The van der Waals surface area contributed by atoms with Crippen LogP contribution >= 0.6 is 0 Å². The van der Waals surface area contributed by atoms with Gasteiger partial charge >= 0.3 is 11.9 Å². The van der Waals surface area contributed by atoms with Crippen LogP contribution in [0.3, 0.4) is 0 Å². The minimum absolute atomic E-state index is 0.0797. The highest BCUT2D eigenvalue weighted by molar-refractivity contribution is 6.02. The van der Waals surface area contributed by atoms with Crippen LogP contribution in [-0.2, 0) is 11.2 Å². The number of quaternary nitrogens is 1. The molecular formula is C30H39FN3O4+. The molecule has 1 aliphatic heterocycles. The van der Waals surface area contributed by atoms with E-state index in [1.165, 1.54) is 32.0 Å². The number of hydrogen-bond acceptors (Lipinski definition) is 4. The van der Waals surface area contributed by atoms with Crippen molar-refractivity contribution in [3.63, 3.8) is 0 Å². The molecule has 2 aromatic rings. The monoisotopic (exact) mass is 524 g/mol. The van der Waals surface area contributed by atoms with Crippen molar-refractivity contribution < 1.29 is 28.1 Å². The second-order valence-corrected chi connectivity index (χ2v) is 10.7. The Kier molecular flexibility index (Phi) is 9.91. The fourth-order valence-electron chi connectivity index (χ4n) is 5.24. The lowest BCUT2D eigenvalue weighted by atomic mass is 9.88. The molecule has 204 valence electrons. The summed E-state index contributed by atoms with van der Waals surface area (Å²) < 4.78 is 13.7. The third-order valence-corrected chi connectivity index (χ3v) is 7.38. The number of amides is 3. The fourth-order valence-corrected chi connectivity index (χ4v) is 5.24. The predicted octanol–water partition coefficient (Wildman–Crippen LogP) is 5.39. The van der Waals surface area contributed by atoms with Gasteiger partial charge in [0.15, 0.2) is 11.6 Å².